The van der Waals surface area contributed by atoms with Crippen molar-refractivity contribution in [3.8, 4) is 0 Å². The number of fused-ring (bicyclic) bond motifs is 24. The molecular formula is C74H53F2N. The predicted molar refractivity (Wildman–Crippen MR) is 329 cm³/mol. The Hall–Kier alpha value is -8.92. The zero-order valence-corrected chi connectivity index (χ0v) is 43.9. The van der Waals surface area contributed by atoms with Crippen LogP contribution in [-0.4, -0.2) is 0 Å². The summed E-state index contributed by atoms with van der Waals surface area (Å²) in [4.78, 5) is 2.01. The molecule has 15 aromatic rings. The molecule has 0 bridgehead atoms. The van der Waals surface area contributed by atoms with Gasteiger partial charge < -0.3 is 4.90 Å². The van der Waals surface area contributed by atoms with Crippen LogP contribution in [0.2, 0.25) is 0 Å². The van der Waals surface area contributed by atoms with Gasteiger partial charge in [0, 0.05) is 17.4 Å². The third-order valence-corrected chi connectivity index (χ3v) is 16.9. The number of nitrogens with zero attached hydrogens (tertiary/aromatic N) is 1. The molecule has 15 aromatic carbocycles. The van der Waals surface area contributed by atoms with Crippen LogP contribution in [0.3, 0.4) is 0 Å². The molecule has 0 radical (unpaired) electrons. The molecule has 1 nitrogen and oxygen atoms in total. The minimum absolute atomic E-state index is 0.0113. The molecule has 0 aliphatic rings. The number of hydrogen-bond donors (Lipinski definition) is 0. The lowest BCUT2D eigenvalue weighted by Crippen LogP contribution is -2.11. The predicted octanol–water partition coefficient (Wildman–Crippen LogP) is 21.9. The van der Waals surface area contributed by atoms with E-state index in [9.17, 15) is 0 Å². The number of hydrogen-bond acceptors (Lipinski definition) is 1. The van der Waals surface area contributed by atoms with Gasteiger partial charge in [-0.2, -0.15) is 0 Å². The van der Waals surface area contributed by atoms with Gasteiger partial charge in [-0.3, -0.25) is 0 Å². The van der Waals surface area contributed by atoms with Crippen LogP contribution in [-0.2, 0) is 10.8 Å². The lowest BCUT2D eigenvalue weighted by molar-refractivity contribution is 0.583. The van der Waals surface area contributed by atoms with E-state index in [1.165, 1.54) is 98.7 Å². The standard InChI is InChI=1S/C74H53F2N/c1-73(2,3)42-23-27-57-61(31-42)49-15-7-11-19-53(49)65-40-71-59-29-25-46(36-63(59)51-17-9-13-21-55(51)67(71)38-69(57)65)77(48-34-44(75)33-45(76)35-48)47-26-30-60-64(37-47)52-18-10-14-22-56(52)68-39-70-58-28-24-43(74(4,5)6)32-62(58)50-16-8-12-20-54(50)66(70)41-72(60)68/h7-41H,1-6H3. The van der Waals surface area contributed by atoms with Crippen molar-refractivity contribution in [1.29, 1.82) is 0 Å². The Kier molecular flexibility index (Phi) is 9.62. The zero-order chi connectivity index (χ0) is 52.2. The van der Waals surface area contributed by atoms with E-state index in [4.69, 9.17) is 0 Å². The van der Waals surface area contributed by atoms with Crippen molar-refractivity contribution in [2.45, 2.75) is 52.4 Å². The molecule has 0 spiro atoms. The fraction of sp³-hybridized carbons (Fsp3) is 0.108. The Bertz CT molecular complexity index is 4780. The first-order valence-corrected chi connectivity index (χ1v) is 26.9. The van der Waals surface area contributed by atoms with Crippen molar-refractivity contribution >= 4 is 146 Å². The van der Waals surface area contributed by atoms with E-state index in [0.29, 0.717) is 5.69 Å². The molecule has 0 saturated carbocycles. The molecule has 0 amide bonds. The van der Waals surface area contributed by atoms with Crippen LogP contribution in [0.5, 0.6) is 0 Å². The van der Waals surface area contributed by atoms with Crippen LogP contribution >= 0.6 is 0 Å². The van der Waals surface area contributed by atoms with Gasteiger partial charge in [-0.1, -0.05) is 175 Å². The number of halogens is 2. The average Bonchev–Trinajstić information content (AvgIpc) is 3.60. The van der Waals surface area contributed by atoms with Crippen molar-refractivity contribution in [1.82, 2.24) is 0 Å². The molecule has 15 rings (SSSR count). The molecule has 0 unspecified atom stereocenters. The van der Waals surface area contributed by atoms with Crippen LogP contribution in [0.4, 0.5) is 25.8 Å². The molecule has 3 heteroatoms. The number of anilines is 3. The third kappa shape index (κ3) is 6.89. The largest absolute Gasteiger partial charge is 0.310 e. The molecule has 368 valence electrons. The first-order valence-electron chi connectivity index (χ1n) is 26.9. The van der Waals surface area contributed by atoms with Crippen LogP contribution in [0.25, 0.3) is 129 Å². The van der Waals surface area contributed by atoms with Crippen LogP contribution < -0.4 is 4.90 Å². The second kappa shape index (κ2) is 16.3. The average molecular weight is 994 g/mol. The maximum Gasteiger partial charge on any atom is 0.128 e. The SMILES string of the molecule is CC(C)(C)c1ccc2c(c1)c1ccccc1c1cc3c4ccc(N(c5cc(F)cc(F)c5)c5ccc6c(c5)c5ccccc5c5cc7c8ccc(C(C)(C)C)cc8c8ccccc8c7cc65)cc4c4ccccc4c3cc21. The molecule has 0 heterocycles. The minimum Gasteiger partial charge on any atom is -0.310 e. The summed E-state index contributed by atoms with van der Waals surface area (Å²) < 4.78 is 31.3. The molecule has 0 aliphatic heterocycles. The quantitative estimate of drug-likeness (QED) is 0.126. The lowest BCUT2D eigenvalue weighted by atomic mass is 9.83. The van der Waals surface area contributed by atoms with E-state index in [-0.39, 0.29) is 10.8 Å². The first kappa shape index (κ1) is 45.5. The monoisotopic (exact) mass is 993 g/mol. The molecule has 0 saturated heterocycles. The first-order chi connectivity index (χ1) is 37.2. The molecule has 0 fully saturated rings. The van der Waals surface area contributed by atoms with Gasteiger partial charge >= 0.3 is 0 Å². The van der Waals surface area contributed by atoms with Gasteiger partial charge in [0.25, 0.3) is 0 Å². The molecule has 77 heavy (non-hydrogen) atoms. The summed E-state index contributed by atoms with van der Waals surface area (Å²) in [6.07, 6.45) is 0. The topological polar surface area (TPSA) is 3.24 Å². The molecule has 0 N–H and O–H groups in total. The summed E-state index contributed by atoms with van der Waals surface area (Å²) in [6, 6.07) is 75.5. The van der Waals surface area contributed by atoms with Crippen LogP contribution in [0.1, 0.15) is 52.7 Å². The van der Waals surface area contributed by atoms with E-state index < -0.39 is 11.6 Å². The van der Waals surface area contributed by atoms with Crippen molar-refractivity contribution in [3.05, 3.63) is 235 Å². The summed E-state index contributed by atoms with van der Waals surface area (Å²) in [5.41, 5.74) is 4.64. The van der Waals surface area contributed by atoms with E-state index in [1.54, 1.807) is 0 Å². The van der Waals surface area contributed by atoms with Crippen molar-refractivity contribution in [2.24, 2.45) is 0 Å². The summed E-state index contributed by atoms with van der Waals surface area (Å²) >= 11 is 0. The zero-order valence-electron chi connectivity index (χ0n) is 43.9. The van der Waals surface area contributed by atoms with Gasteiger partial charge in [-0.15, -0.1) is 0 Å². The summed E-state index contributed by atoms with van der Waals surface area (Å²) in [7, 11) is 0. The van der Waals surface area contributed by atoms with Gasteiger partial charge in [-0.05, 0) is 224 Å². The molecular weight excluding hydrogens is 941 g/mol. The van der Waals surface area contributed by atoms with Crippen LogP contribution in [0, 0.1) is 11.6 Å². The minimum atomic E-state index is -0.637. The number of rotatable bonds is 3. The van der Waals surface area contributed by atoms with Crippen molar-refractivity contribution in [2.75, 3.05) is 4.90 Å². The van der Waals surface area contributed by atoms with E-state index in [0.717, 1.165) is 71.3 Å². The second-order valence-electron chi connectivity index (χ2n) is 23.5. The lowest BCUT2D eigenvalue weighted by Gasteiger charge is -2.27. The highest BCUT2D eigenvalue weighted by Crippen LogP contribution is 2.48. The van der Waals surface area contributed by atoms with E-state index in [1.807, 2.05) is 4.90 Å². The Morgan fingerprint density at radius 3 is 0.727 bits per heavy atom. The highest BCUT2D eigenvalue weighted by molar-refractivity contribution is 6.35. The van der Waals surface area contributed by atoms with E-state index in [2.05, 4.69) is 236 Å². The number of benzene rings is 15. The van der Waals surface area contributed by atoms with Gasteiger partial charge in [0.15, 0.2) is 0 Å². The van der Waals surface area contributed by atoms with Gasteiger partial charge in [-0.25, -0.2) is 8.78 Å². The summed E-state index contributed by atoms with van der Waals surface area (Å²) in [5, 5.41) is 28.4. The van der Waals surface area contributed by atoms with Crippen molar-refractivity contribution < 1.29 is 8.78 Å². The Morgan fingerprint density at radius 2 is 0.455 bits per heavy atom. The van der Waals surface area contributed by atoms with Gasteiger partial charge in [0.1, 0.15) is 11.6 Å². The van der Waals surface area contributed by atoms with Gasteiger partial charge in [0.05, 0.1) is 5.69 Å². The smallest absolute Gasteiger partial charge is 0.128 e. The second-order valence-corrected chi connectivity index (χ2v) is 23.5. The third-order valence-electron chi connectivity index (χ3n) is 16.9. The van der Waals surface area contributed by atoms with Crippen LogP contribution in [0.15, 0.2) is 212 Å². The molecule has 0 aliphatic carbocycles. The highest BCUT2D eigenvalue weighted by atomic mass is 19.1. The Balaban J connectivity index is 0.976. The Morgan fingerprint density at radius 1 is 0.221 bits per heavy atom. The normalized spacial score (nSPS) is 12.7. The Labute approximate surface area is 445 Å². The molecule has 0 aromatic heterocycles. The van der Waals surface area contributed by atoms with E-state index >= 15 is 8.78 Å². The van der Waals surface area contributed by atoms with Crippen molar-refractivity contribution in [3.63, 3.8) is 0 Å². The molecule has 0 atom stereocenters. The summed E-state index contributed by atoms with van der Waals surface area (Å²) in [5.74, 6) is -1.27. The van der Waals surface area contributed by atoms with Gasteiger partial charge in [0.2, 0.25) is 0 Å². The maximum absolute atomic E-state index is 15.6. The maximum atomic E-state index is 15.6. The summed E-state index contributed by atoms with van der Waals surface area (Å²) in [6.45, 7) is 13.7. The fourth-order valence-electron chi connectivity index (χ4n) is 13.1. The fourth-order valence-corrected chi connectivity index (χ4v) is 13.1. The highest BCUT2D eigenvalue weighted by Gasteiger charge is 2.23.